The van der Waals surface area contributed by atoms with Crippen molar-refractivity contribution < 1.29 is 38.0 Å². The molecule has 4 aromatic carbocycles. The summed E-state index contributed by atoms with van der Waals surface area (Å²) in [4.78, 5) is 33.0. The van der Waals surface area contributed by atoms with Crippen molar-refractivity contribution in [3.8, 4) is 40.2 Å². The second kappa shape index (κ2) is 21.0. The Hall–Kier alpha value is -6.20. The molecule has 3 heterocycles. The van der Waals surface area contributed by atoms with E-state index in [1.807, 2.05) is 6.92 Å². The highest BCUT2D eigenvalue weighted by Gasteiger charge is 2.56. The number of carbonyl (C=O) groups excluding carboxylic acids is 2. The molecule has 2 bridgehead atoms. The molecule has 6 atom stereocenters. The van der Waals surface area contributed by atoms with Gasteiger partial charge in [0.2, 0.25) is 0 Å². The number of piperazine rings is 1. The van der Waals surface area contributed by atoms with Gasteiger partial charge in [0.1, 0.15) is 55.6 Å². The fourth-order valence-electron chi connectivity index (χ4n) is 11.4. The molecule has 8 rings (SSSR count). The zero-order chi connectivity index (χ0) is 50.0. The van der Waals surface area contributed by atoms with Gasteiger partial charge in [0, 0.05) is 46.2 Å². The molecule has 0 unspecified atom stereocenters. The van der Waals surface area contributed by atoms with Crippen molar-refractivity contribution in [1.29, 1.82) is 5.26 Å². The number of nitrogens with zero attached hydrogens (tertiary/aromatic N) is 3. The summed E-state index contributed by atoms with van der Waals surface area (Å²) in [5.41, 5.74) is 10.8. The third-order valence-corrected chi connectivity index (χ3v) is 15.2. The number of hydrogen-bond acceptors (Lipinski definition) is 12. The fraction of sp³-hybridized carbons (Fsp3) is 0.421. The molecule has 70 heavy (non-hydrogen) atoms. The van der Waals surface area contributed by atoms with Crippen molar-refractivity contribution in [2.24, 2.45) is 0 Å². The summed E-state index contributed by atoms with van der Waals surface area (Å²) in [5.74, 6) is 2.68. The smallest absolute Gasteiger partial charge is 0.408 e. The van der Waals surface area contributed by atoms with Gasteiger partial charge in [0.05, 0.1) is 25.3 Å². The van der Waals surface area contributed by atoms with E-state index >= 15 is 0 Å². The number of ether oxygens (including phenoxy) is 6. The summed E-state index contributed by atoms with van der Waals surface area (Å²) in [7, 11) is 3.81. The van der Waals surface area contributed by atoms with Crippen LogP contribution in [0.1, 0.15) is 88.8 Å². The lowest BCUT2D eigenvalue weighted by Crippen LogP contribution is -2.68. The number of fused-ring (bicyclic) bond motifs is 10. The first-order chi connectivity index (χ1) is 33.7. The number of amides is 1. The molecule has 0 spiro atoms. The van der Waals surface area contributed by atoms with Gasteiger partial charge in [-0.3, -0.25) is 9.80 Å². The summed E-state index contributed by atoms with van der Waals surface area (Å²) >= 11 is 1.57. The lowest BCUT2D eigenvalue weighted by Gasteiger charge is -2.60. The molecule has 3 aliphatic heterocycles. The van der Waals surface area contributed by atoms with Crippen LogP contribution in [-0.4, -0.2) is 104 Å². The predicted octanol–water partition coefficient (Wildman–Crippen LogP) is 10.1. The maximum absolute atomic E-state index is 14.9. The molecule has 1 saturated heterocycles. The Balaban J connectivity index is 1.22. The van der Waals surface area contributed by atoms with Crippen molar-refractivity contribution >= 4 is 23.8 Å². The Morgan fingerprint density at radius 1 is 0.857 bits per heavy atom. The van der Waals surface area contributed by atoms with E-state index in [9.17, 15) is 14.9 Å². The number of alkyl carbamates (subject to hydrolysis) is 1. The Morgan fingerprint density at radius 2 is 1.47 bits per heavy atom. The average molecular weight is 967 g/mol. The van der Waals surface area contributed by atoms with Crippen LogP contribution in [0.2, 0.25) is 0 Å². The number of methoxy groups -OCH3 is 1. The van der Waals surface area contributed by atoms with E-state index in [-0.39, 0.29) is 56.2 Å². The van der Waals surface area contributed by atoms with Crippen LogP contribution < -0.4 is 24.3 Å². The molecule has 0 radical (unpaired) electrons. The van der Waals surface area contributed by atoms with Crippen molar-refractivity contribution in [3.63, 3.8) is 0 Å². The van der Waals surface area contributed by atoms with E-state index in [0.29, 0.717) is 41.4 Å². The summed E-state index contributed by atoms with van der Waals surface area (Å²) in [6.07, 6.45) is 5.39. The molecule has 1 aliphatic carbocycles. The van der Waals surface area contributed by atoms with Crippen LogP contribution in [0.5, 0.6) is 23.0 Å². The third kappa shape index (κ3) is 9.41. The van der Waals surface area contributed by atoms with Crippen LogP contribution >= 0.6 is 11.8 Å². The number of hydrogen-bond donors (Lipinski definition) is 1. The van der Waals surface area contributed by atoms with Crippen LogP contribution in [0.25, 0.3) is 11.1 Å². The minimum absolute atomic E-state index is 0.0935. The first-order valence-corrected chi connectivity index (χ1v) is 25.2. The van der Waals surface area contributed by atoms with E-state index in [2.05, 4.69) is 116 Å². The molecular formula is C57H66N4O8S. The van der Waals surface area contributed by atoms with E-state index in [1.165, 1.54) is 27.8 Å². The SMILES string of the molecule is C=CCOc1c(C)c(OCC=C)c(OCC=C)c2c1C[C@H]1[C@H]3c4c(cc(C)c(OC)c4C)C[C@@H]([C@H](C#N)N1[C@H]2COC(=O)[C@@H](CSCC1c2ccccc2-c2ccccc21)NC(=O)OC(C)(C)C)N3C. The molecule has 1 N–H and O–H groups in total. The van der Waals surface area contributed by atoms with Crippen LogP contribution in [0.3, 0.4) is 0 Å². The van der Waals surface area contributed by atoms with Gasteiger partial charge in [-0.2, -0.15) is 17.0 Å². The fourth-order valence-corrected chi connectivity index (χ4v) is 12.6. The number of benzene rings is 4. The van der Waals surface area contributed by atoms with Gasteiger partial charge in [0.15, 0.2) is 11.5 Å². The summed E-state index contributed by atoms with van der Waals surface area (Å²) in [5, 5.41) is 14.3. The van der Waals surface area contributed by atoms with E-state index < -0.39 is 35.8 Å². The zero-order valence-electron chi connectivity index (χ0n) is 41.8. The quantitative estimate of drug-likeness (QED) is 0.0752. The second-order valence-electron chi connectivity index (χ2n) is 19.5. The first kappa shape index (κ1) is 50.2. The maximum atomic E-state index is 14.9. The summed E-state index contributed by atoms with van der Waals surface area (Å²) in [6.45, 7) is 23.7. The van der Waals surface area contributed by atoms with Crippen LogP contribution in [0, 0.1) is 32.1 Å². The summed E-state index contributed by atoms with van der Waals surface area (Å²) < 4.78 is 38.0. The standard InChI is InChI=1S/C57H66N4O8S/c1-12-23-65-52-35(6)53(66-24-13-2)54(67-25-14-3)49-41(52)28-45-50-48-34(5)51(64-11)33(4)26-36(48)27-44(60(50)10)46(29-58)61(45)47(49)30-68-55(62)43(59-56(63)69-57(7,8)9)32-70-31-42-39-21-17-15-19-37(39)38-20-16-18-22-40(38)42/h12-22,26,42-47,50H,1-3,23-25,27-28,30-32H2,4-11H3,(H,59,63)/t43-,44+,45+,46+,47+,50+/m1/s1. The Morgan fingerprint density at radius 3 is 2.07 bits per heavy atom. The molecule has 0 aromatic heterocycles. The highest BCUT2D eigenvalue weighted by molar-refractivity contribution is 7.99. The molecule has 13 heteroatoms. The Bertz CT molecular complexity index is 2680. The lowest BCUT2D eigenvalue weighted by atomic mass is 9.71. The monoisotopic (exact) mass is 966 g/mol. The van der Waals surface area contributed by atoms with Crippen molar-refractivity contribution in [1.82, 2.24) is 15.1 Å². The van der Waals surface area contributed by atoms with E-state index in [1.54, 1.807) is 57.9 Å². The molecule has 4 aromatic rings. The summed E-state index contributed by atoms with van der Waals surface area (Å²) in [6, 6.07) is 18.6. The number of rotatable bonds is 18. The molecule has 4 aliphatic rings. The number of likely N-dealkylation sites (N-methyl/N-ethyl adjacent to an activating group) is 1. The average Bonchev–Trinajstić information content (AvgIpc) is 3.64. The van der Waals surface area contributed by atoms with Crippen molar-refractivity contribution in [2.45, 2.75) is 102 Å². The predicted molar refractivity (Wildman–Crippen MR) is 275 cm³/mol. The number of esters is 1. The number of thioether (sulfide) groups is 1. The van der Waals surface area contributed by atoms with Gasteiger partial charge in [-0.25, -0.2) is 9.59 Å². The number of aryl methyl sites for hydroxylation is 1. The van der Waals surface area contributed by atoms with Crippen molar-refractivity contribution in [3.05, 3.63) is 143 Å². The normalized spacial score (nSPS) is 20.5. The van der Waals surface area contributed by atoms with Crippen LogP contribution in [0.4, 0.5) is 4.79 Å². The number of nitriles is 1. The second-order valence-corrected chi connectivity index (χ2v) is 20.6. The zero-order valence-corrected chi connectivity index (χ0v) is 42.6. The van der Waals surface area contributed by atoms with Gasteiger partial charge < -0.3 is 33.7 Å². The molecule has 368 valence electrons. The number of carbonyl (C=O) groups is 2. The van der Waals surface area contributed by atoms with Gasteiger partial charge in [-0.1, -0.05) is 92.6 Å². The van der Waals surface area contributed by atoms with Crippen LogP contribution in [-0.2, 0) is 27.1 Å². The first-order valence-electron chi connectivity index (χ1n) is 24.1. The topological polar surface area (TPSA) is 132 Å². The molecule has 0 saturated carbocycles. The highest BCUT2D eigenvalue weighted by atomic mass is 32.2. The van der Waals surface area contributed by atoms with Gasteiger partial charge in [0.25, 0.3) is 0 Å². The Labute approximate surface area is 417 Å². The minimum atomic E-state index is -1.08. The molecular weight excluding hydrogens is 901 g/mol. The van der Waals surface area contributed by atoms with Gasteiger partial charge in [-0.05, 0) is 106 Å². The molecule has 1 fully saturated rings. The minimum Gasteiger partial charge on any atom is -0.496 e. The van der Waals surface area contributed by atoms with Crippen molar-refractivity contribution in [2.75, 3.05) is 52.1 Å². The van der Waals surface area contributed by atoms with E-state index in [0.717, 1.165) is 33.6 Å². The van der Waals surface area contributed by atoms with Crippen LogP contribution in [0.15, 0.2) is 92.6 Å². The lowest BCUT2D eigenvalue weighted by molar-refractivity contribution is -0.151. The molecule has 1 amide bonds. The van der Waals surface area contributed by atoms with Gasteiger partial charge >= 0.3 is 12.1 Å². The van der Waals surface area contributed by atoms with E-state index in [4.69, 9.17) is 28.4 Å². The van der Waals surface area contributed by atoms with Gasteiger partial charge in [-0.15, -0.1) is 0 Å². The number of nitrogens with one attached hydrogen (secondary N) is 1. The highest BCUT2D eigenvalue weighted by Crippen LogP contribution is 2.57. The maximum Gasteiger partial charge on any atom is 0.408 e. The molecule has 12 nitrogen and oxygen atoms in total. The Kier molecular flexibility index (Phi) is 15.1. The largest absolute Gasteiger partial charge is 0.496 e. The third-order valence-electron chi connectivity index (χ3n) is 14.1.